The van der Waals surface area contributed by atoms with Gasteiger partial charge in [-0.05, 0) is 36.8 Å². The molecule has 0 bridgehead atoms. The third kappa shape index (κ3) is 4.87. The van der Waals surface area contributed by atoms with Gasteiger partial charge in [-0.2, -0.15) is 0 Å². The molecule has 1 atom stereocenters. The monoisotopic (exact) mass is 351 g/mol. The number of carbonyl (C=O) groups excluding carboxylic acids is 2. The van der Waals surface area contributed by atoms with Crippen molar-refractivity contribution in [1.82, 2.24) is 5.32 Å². The lowest BCUT2D eigenvalue weighted by Crippen LogP contribution is -2.37. The highest BCUT2D eigenvalue weighted by molar-refractivity contribution is 7.17. The van der Waals surface area contributed by atoms with Crippen LogP contribution in [0.1, 0.15) is 16.6 Å². The van der Waals surface area contributed by atoms with Crippen LogP contribution < -0.4 is 5.32 Å². The summed E-state index contributed by atoms with van der Waals surface area (Å²) in [6.45, 7) is 2.25. The van der Waals surface area contributed by atoms with Crippen molar-refractivity contribution in [2.45, 2.75) is 13.0 Å². The predicted octanol–water partition coefficient (Wildman–Crippen LogP) is 2.86. The molecule has 5 nitrogen and oxygen atoms in total. The van der Waals surface area contributed by atoms with Crippen molar-refractivity contribution in [3.05, 3.63) is 47.1 Å². The average molecular weight is 351 g/mol. The van der Waals surface area contributed by atoms with Crippen LogP contribution in [0.15, 0.2) is 36.4 Å². The molecule has 0 aliphatic carbocycles. The van der Waals surface area contributed by atoms with Crippen LogP contribution in [-0.2, 0) is 14.3 Å². The fourth-order valence-electron chi connectivity index (χ4n) is 1.91. The first kappa shape index (κ1) is 18.1. The first-order valence-electron chi connectivity index (χ1n) is 7.34. The van der Waals surface area contributed by atoms with Gasteiger partial charge in [0.15, 0.2) is 6.10 Å². The third-order valence-electron chi connectivity index (χ3n) is 3.19. The molecule has 24 heavy (non-hydrogen) atoms. The minimum absolute atomic E-state index is 0.316. The van der Waals surface area contributed by atoms with Crippen LogP contribution in [-0.4, -0.2) is 38.2 Å². The van der Waals surface area contributed by atoms with Gasteiger partial charge in [-0.3, -0.25) is 4.79 Å². The largest absolute Gasteiger partial charge is 0.448 e. The molecule has 0 unspecified atom stereocenters. The number of esters is 1. The molecule has 1 amide bonds. The molecule has 1 aromatic heterocycles. The van der Waals surface area contributed by atoms with E-state index in [0.717, 1.165) is 10.4 Å². The molecule has 0 aliphatic heterocycles. The fraction of sp³-hybridized carbons (Fsp3) is 0.294. The Balaban J connectivity index is 1.95. The maximum absolute atomic E-state index is 12.9. The second kappa shape index (κ2) is 8.56. The molecular weight excluding hydrogens is 333 g/mol. The van der Waals surface area contributed by atoms with Crippen LogP contribution in [0.25, 0.3) is 10.4 Å². The van der Waals surface area contributed by atoms with E-state index in [1.807, 2.05) is 0 Å². The number of benzene rings is 1. The van der Waals surface area contributed by atoms with Gasteiger partial charge in [0.25, 0.3) is 5.91 Å². The van der Waals surface area contributed by atoms with Crippen molar-refractivity contribution in [3.8, 4) is 10.4 Å². The van der Waals surface area contributed by atoms with Crippen molar-refractivity contribution >= 4 is 23.2 Å². The first-order valence-corrected chi connectivity index (χ1v) is 8.16. The van der Waals surface area contributed by atoms with E-state index in [1.165, 1.54) is 37.5 Å². The normalized spacial score (nSPS) is 11.8. The molecular formula is C17H18FNO4S. The molecule has 0 saturated carbocycles. The highest BCUT2D eigenvalue weighted by atomic mass is 32.1. The molecule has 1 heterocycles. The van der Waals surface area contributed by atoms with Gasteiger partial charge in [0.2, 0.25) is 0 Å². The summed E-state index contributed by atoms with van der Waals surface area (Å²) in [4.78, 5) is 25.1. The molecule has 0 radical (unpaired) electrons. The maximum Gasteiger partial charge on any atom is 0.349 e. The molecule has 1 aromatic carbocycles. The molecule has 2 rings (SSSR count). The molecule has 2 aromatic rings. The molecule has 0 saturated heterocycles. The Hall–Kier alpha value is -2.25. The first-order chi connectivity index (χ1) is 11.5. The van der Waals surface area contributed by atoms with Crippen LogP contribution >= 0.6 is 11.3 Å². The molecule has 0 aliphatic rings. The van der Waals surface area contributed by atoms with Crippen molar-refractivity contribution in [2.24, 2.45) is 0 Å². The van der Waals surface area contributed by atoms with Crippen LogP contribution in [0.3, 0.4) is 0 Å². The lowest BCUT2D eigenvalue weighted by Gasteiger charge is -2.12. The van der Waals surface area contributed by atoms with Crippen LogP contribution in [0.2, 0.25) is 0 Å². The molecule has 1 N–H and O–H groups in total. The Kier molecular flexibility index (Phi) is 6.45. The van der Waals surface area contributed by atoms with Gasteiger partial charge in [0.05, 0.1) is 6.61 Å². The summed E-state index contributed by atoms with van der Waals surface area (Å²) in [5.41, 5.74) is 0.811. The Morgan fingerprint density at radius 3 is 2.58 bits per heavy atom. The summed E-state index contributed by atoms with van der Waals surface area (Å²) < 4.78 is 22.9. The van der Waals surface area contributed by atoms with Crippen molar-refractivity contribution in [2.75, 3.05) is 20.3 Å². The number of rotatable bonds is 7. The van der Waals surface area contributed by atoms with Gasteiger partial charge in [0, 0.05) is 18.5 Å². The van der Waals surface area contributed by atoms with Crippen LogP contribution in [0.4, 0.5) is 4.39 Å². The SMILES string of the molecule is COCCNC(=O)[C@@H](C)OC(=O)c1ccc(-c2ccc(F)cc2)s1. The third-order valence-corrected chi connectivity index (χ3v) is 4.31. The zero-order valence-electron chi connectivity index (χ0n) is 13.4. The topological polar surface area (TPSA) is 64.6 Å². The van der Waals surface area contributed by atoms with Gasteiger partial charge in [-0.1, -0.05) is 12.1 Å². The summed E-state index contributed by atoms with van der Waals surface area (Å²) in [6, 6.07) is 9.39. The van der Waals surface area contributed by atoms with Gasteiger partial charge in [-0.15, -0.1) is 11.3 Å². The number of methoxy groups -OCH3 is 1. The Morgan fingerprint density at radius 1 is 1.21 bits per heavy atom. The number of hydrogen-bond donors (Lipinski definition) is 1. The van der Waals surface area contributed by atoms with Crippen molar-refractivity contribution in [3.63, 3.8) is 0 Å². The van der Waals surface area contributed by atoms with E-state index in [9.17, 15) is 14.0 Å². The average Bonchev–Trinajstić information content (AvgIpc) is 3.05. The van der Waals surface area contributed by atoms with Gasteiger partial charge in [0.1, 0.15) is 10.7 Å². The molecule has 7 heteroatoms. The Labute approximate surface area is 143 Å². The summed E-state index contributed by atoms with van der Waals surface area (Å²) in [5.74, 6) is -1.26. The summed E-state index contributed by atoms with van der Waals surface area (Å²) in [6.07, 6.45) is -0.897. The summed E-state index contributed by atoms with van der Waals surface area (Å²) in [5, 5.41) is 2.60. The highest BCUT2D eigenvalue weighted by Crippen LogP contribution is 2.28. The number of hydrogen-bond acceptors (Lipinski definition) is 5. The second-order valence-electron chi connectivity index (χ2n) is 5.00. The van der Waals surface area contributed by atoms with E-state index in [4.69, 9.17) is 9.47 Å². The van der Waals surface area contributed by atoms with E-state index in [-0.39, 0.29) is 11.7 Å². The van der Waals surface area contributed by atoms with E-state index >= 15 is 0 Å². The maximum atomic E-state index is 12.9. The minimum atomic E-state index is -0.897. The van der Waals surface area contributed by atoms with Crippen molar-refractivity contribution < 1.29 is 23.5 Å². The quantitative estimate of drug-likeness (QED) is 0.615. The Morgan fingerprint density at radius 2 is 1.92 bits per heavy atom. The van der Waals surface area contributed by atoms with Crippen molar-refractivity contribution in [1.29, 1.82) is 0 Å². The van der Waals surface area contributed by atoms with E-state index in [1.54, 1.807) is 24.3 Å². The number of carbonyl (C=O) groups is 2. The van der Waals surface area contributed by atoms with E-state index in [2.05, 4.69) is 5.32 Å². The Bertz CT molecular complexity index is 699. The lowest BCUT2D eigenvalue weighted by molar-refractivity contribution is -0.129. The van der Waals surface area contributed by atoms with E-state index in [0.29, 0.717) is 18.0 Å². The fourth-order valence-corrected chi connectivity index (χ4v) is 2.80. The van der Waals surface area contributed by atoms with E-state index < -0.39 is 12.1 Å². The predicted molar refractivity (Wildman–Crippen MR) is 89.5 cm³/mol. The standard InChI is InChI=1S/C17H18FNO4S/c1-11(16(20)19-9-10-22-2)23-17(21)15-8-7-14(24-15)12-3-5-13(18)6-4-12/h3-8,11H,9-10H2,1-2H3,(H,19,20)/t11-/m1/s1. The molecule has 0 spiro atoms. The number of ether oxygens (including phenoxy) is 2. The van der Waals surface area contributed by atoms with Gasteiger partial charge in [-0.25, -0.2) is 9.18 Å². The van der Waals surface area contributed by atoms with Crippen LogP contribution in [0, 0.1) is 5.82 Å². The highest BCUT2D eigenvalue weighted by Gasteiger charge is 2.20. The zero-order chi connectivity index (χ0) is 17.5. The molecule has 128 valence electrons. The smallest absolute Gasteiger partial charge is 0.349 e. The second-order valence-corrected chi connectivity index (χ2v) is 6.09. The number of amides is 1. The zero-order valence-corrected chi connectivity index (χ0v) is 14.2. The number of thiophene rings is 1. The summed E-state index contributed by atoms with van der Waals surface area (Å²) >= 11 is 1.23. The van der Waals surface area contributed by atoms with Gasteiger partial charge < -0.3 is 14.8 Å². The summed E-state index contributed by atoms with van der Waals surface area (Å²) in [7, 11) is 1.53. The number of halogens is 1. The minimum Gasteiger partial charge on any atom is -0.448 e. The van der Waals surface area contributed by atoms with Gasteiger partial charge >= 0.3 is 5.97 Å². The number of nitrogens with one attached hydrogen (secondary N) is 1. The lowest BCUT2D eigenvalue weighted by atomic mass is 10.2. The molecule has 0 fully saturated rings. The van der Waals surface area contributed by atoms with Crippen LogP contribution in [0.5, 0.6) is 0 Å².